The molecule has 1 atom stereocenters. The molecular weight excluding hydrogens is 341 g/mol. The number of alkyl halides is 3. The van der Waals surface area contributed by atoms with Crippen molar-refractivity contribution in [2.75, 3.05) is 6.54 Å². The highest BCUT2D eigenvalue weighted by molar-refractivity contribution is 5.95. The highest BCUT2D eigenvalue weighted by atomic mass is 19.4. The van der Waals surface area contributed by atoms with Crippen molar-refractivity contribution in [3.05, 3.63) is 41.7 Å². The second-order valence-electron chi connectivity index (χ2n) is 5.56. The molecule has 1 aliphatic rings. The molecule has 0 spiro atoms. The highest BCUT2D eigenvalue weighted by Gasteiger charge is 2.36. The van der Waals surface area contributed by atoms with E-state index in [1.807, 2.05) is 0 Å². The summed E-state index contributed by atoms with van der Waals surface area (Å²) in [6.07, 6.45) is -2.65. The number of hydrogen-bond donors (Lipinski definition) is 1. The topological polar surface area (TPSA) is 88.3 Å². The number of likely N-dealkylation sites (tertiary alicyclic amines) is 1. The number of rotatable bonds is 3. The van der Waals surface area contributed by atoms with Crippen LogP contribution in [0.1, 0.15) is 28.9 Å². The second-order valence-corrected chi connectivity index (χ2v) is 5.56. The molecule has 0 bridgehead atoms. The van der Waals surface area contributed by atoms with E-state index in [4.69, 9.17) is 5.11 Å². The Balaban J connectivity index is 1.91. The third-order valence-electron chi connectivity index (χ3n) is 3.97. The van der Waals surface area contributed by atoms with Crippen LogP contribution in [0.3, 0.4) is 0 Å². The lowest BCUT2D eigenvalue weighted by Gasteiger charge is -2.19. The SMILES string of the molecule is O=C(O)[C@H]1CCCN1C(=O)c1cn(-c2ccccc2C(F)(F)F)nn1. The Morgan fingerprint density at radius 2 is 1.96 bits per heavy atom. The lowest BCUT2D eigenvalue weighted by atomic mass is 10.1. The van der Waals surface area contributed by atoms with Crippen molar-refractivity contribution in [3.63, 3.8) is 0 Å². The maximum Gasteiger partial charge on any atom is 0.418 e. The van der Waals surface area contributed by atoms with E-state index in [1.54, 1.807) is 0 Å². The van der Waals surface area contributed by atoms with Crippen molar-refractivity contribution in [3.8, 4) is 5.69 Å². The van der Waals surface area contributed by atoms with Crippen LogP contribution in [0.2, 0.25) is 0 Å². The van der Waals surface area contributed by atoms with Gasteiger partial charge in [0.05, 0.1) is 17.4 Å². The number of aliphatic carboxylic acids is 1. The first-order chi connectivity index (χ1) is 11.8. The molecule has 10 heteroatoms. The molecule has 1 amide bonds. The Labute approximate surface area is 139 Å². The quantitative estimate of drug-likeness (QED) is 0.910. The molecule has 1 saturated heterocycles. The first kappa shape index (κ1) is 16.9. The second kappa shape index (κ2) is 6.19. The number of para-hydroxylation sites is 1. The Bertz CT molecular complexity index is 818. The zero-order valence-corrected chi connectivity index (χ0v) is 12.8. The molecule has 2 heterocycles. The minimum atomic E-state index is -4.59. The number of carbonyl (C=O) groups excluding carboxylic acids is 1. The lowest BCUT2D eigenvalue weighted by Crippen LogP contribution is -2.40. The predicted octanol–water partition coefficient (Wildman–Crippen LogP) is 1.98. The summed E-state index contributed by atoms with van der Waals surface area (Å²) < 4.78 is 40.1. The van der Waals surface area contributed by atoms with Crippen LogP contribution in [0.25, 0.3) is 5.69 Å². The monoisotopic (exact) mass is 354 g/mol. The van der Waals surface area contributed by atoms with E-state index in [0.29, 0.717) is 12.8 Å². The molecule has 7 nitrogen and oxygen atoms in total. The van der Waals surface area contributed by atoms with E-state index in [9.17, 15) is 22.8 Å². The molecule has 132 valence electrons. The molecular formula is C15H13F3N4O3. The van der Waals surface area contributed by atoms with Crippen LogP contribution in [0.5, 0.6) is 0 Å². The van der Waals surface area contributed by atoms with Crippen molar-refractivity contribution in [2.24, 2.45) is 0 Å². The fourth-order valence-corrected chi connectivity index (χ4v) is 2.81. The first-order valence-electron chi connectivity index (χ1n) is 7.42. The summed E-state index contributed by atoms with van der Waals surface area (Å²) in [6.45, 7) is 0.252. The van der Waals surface area contributed by atoms with Gasteiger partial charge in [-0.1, -0.05) is 17.3 Å². The first-order valence-corrected chi connectivity index (χ1v) is 7.42. The predicted molar refractivity (Wildman–Crippen MR) is 78.1 cm³/mol. The van der Waals surface area contributed by atoms with Gasteiger partial charge < -0.3 is 10.0 Å². The average molecular weight is 354 g/mol. The smallest absolute Gasteiger partial charge is 0.418 e. The molecule has 0 aliphatic carbocycles. The lowest BCUT2D eigenvalue weighted by molar-refractivity contribution is -0.141. The summed E-state index contributed by atoms with van der Waals surface area (Å²) in [4.78, 5) is 24.7. The summed E-state index contributed by atoms with van der Waals surface area (Å²) in [6, 6.07) is 3.81. The summed E-state index contributed by atoms with van der Waals surface area (Å²) in [7, 11) is 0. The third-order valence-corrected chi connectivity index (χ3v) is 3.97. The number of carbonyl (C=O) groups is 2. The van der Waals surface area contributed by atoms with Gasteiger partial charge in [0.15, 0.2) is 5.69 Å². The van der Waals surface area contributed by atoms with Crippen LogP contribution in [-0.2, 0) is 11.0 Å². The van der Waals surface area contributed by atoms with E-state index in [2.05, 4.69) is 10.3 Å². The summed E-state index contributed by atoms with van der Waals surface area (Å²) in [5.41, 5.74) is -1.38. The van der Waals surface area contributed by atoms with Crippen LogP contribution in [0.15, 0.2) is 30.5 Å². The Morgan fingerprint density at radius 1 is 1.24 bits per heavy atom. The van der Waals surface area contributed by atoms with Gasteiger partial charge in [-0.05, 0) is 25.0 Å². The van der Waals surface area contributed by atoms with E-state index >= 15 is 0 Å². The summed E-state index contributed by atoms with van der Waals surface area (Å²) in [5, 5.41) is 16.3. The molecule has 1 aromatic carbocycles. The van der Waals surface area contributed by atoms with E-state index in [-0.39, 0.29) is 17.9 Å². The molecule has 25 heavy (non-hydrogen) atoms. The Hall–Kier alpha value is -2.91. The fraction of sp³-hybridized carbons (Fsp3) is 0.333. The van der Waals surface area contributed by atoms with Gasteiger partial charge >= 0.3 is 12.1 Å². The van der Waals surface area contributed by atoms with Gasteiger partial charge in [0.1, 0.15) is 6.04 Å². The van der Waals surface area contributed by atoms with Crippen LogP contribution in [-0.4, -0.2) is 49.5 Å². The maximum absolute atomic E-state index is 13.1. The molecule has 0 radical (unpaired) electrons. The summed E-state index contributed by atoms with van der Waals surface area (Å²) >= 11 is 0. The van der Waals surface area contributed by atoms with Gasteiger partial charge in [-0.25, -0.2) is 9.48 Å². The number of carboxylic acid groups (broad SMARTS) is 1. The van der Waals surface area contributed by atoms with E-state index in [1.165, 1.54) is 18.2 Å². The van der Waals surface area contributed by atoms with Gasteiger partial charge in [0.25, 0.3) is 5.91 Å². The van der Waals surface area contributed by atoms with Crippen LogP contribution < -0.4 is 0 Å². The van der Waals surface area contributed by atoms with E-state index < -0.39 is 29.7 Å². The van der Waals surface area contributed by atoms with Crippen molar-refractivity contribution < 1.29 is 27.9 Å². The molecule has 1 N–H and O–H groups in total. The number of aromatic nitrogens is 3. The number of benzene rings is 1. The molecule has 3 rings (SSSR count). The largest absolute Gasteiger partial charge is 0.480 e. The normalized spacial score (nSPS) is 17.7. The molecule has 1 fully saturated rings. The molecule has 2 aromatic rings. The number of halogens is 3. The van der Waals surface area contributed by atoms with Gasteiger partial charge in [-0.3, -0.25) is 4.79 Å². The minimum absolute atomic E-state index is 0.204. The van der Waals surface area contributed by atoms with Crippen LogP contribution >= 0.6 is 0 Å². The average Bonchev–Trinajstić information content (AvgIpc) is 3.23. The Morgan fingerprint density at radius 3 is 2.64 bits per heavy atom. The molecule has 1 aliphatic heterocycles. The number of amides is 1. The van der Waals surface area contributed by atoms with Crippen LogP contribution in [0.4, 0.5) is 13.2 Å². The summed E-state index contributed by atoms with van der Waals surface area (Å²) in [5.74, 6) is -1.79. The zero-order valence-electron chi connectivity index (χ0n) is 12.8. The fourth-order valence-electron chi connectivity index (χ4n) is 2.81. The Kier molecular flexibility index (Phi) is 4.19. The van der Waals surface area contributed by atoms with Gasteiger partial charge in [0, 0.05) is 6.54 Å². The standard InChI is InChI=1S/C15H13F3N4O3/c16-15(17,18)9-4-1-2-5-11(9)22-8-10(19-20-22)13(23)21-7-3-6-12(21)14(24)25/h1-2,4-5,8,12H,3,6-7H2,(H,24,25)/t12-/m1/s1. The van der Waals surface area contributed by atoms with Crippen molar-refractivity contribution in [1.29, 1.82) is 0 Å². The highest BCUT2D eigenvalue weighted by Crippen LogP contribution is 2.33. The third kappa shape index (κ3) is 3.19. The van der Waals surface area contributed by atoms with Crippen molar-refractivity contribution in [2.45, 2.75) is 25.1 Å². The molecule has 1 aromatic heterocycles. The van der Waals surface area contributed by atoms with Crippen molar-refractivity contribution >= 4 is 11.9 Å². The van der Waals surface area contributed by atoms with Gasteiger partial charge in [-0.2, -0.15) is 13.2 Å². The zero-order chi connectivity index (χ0) is 18.2. The van der Waals surface area contributed by atoms with Crippen molar-refractivity contribution in [1.82, 2.24) is 19.9 Å². The maximum atomic E-state index is 13.1. The number of carboxylic acids is 1. The minimum Gasteiger partial charge on any atom is -0.480 e. The number of nitrogens with zero attached hydrogens (tertiary/aromatic N) is 4. The molecule has 0 unspecified atom stereocenters. The number of hydrogen-bond acceptors (Lipinski definition) is 4. The molecule has 0 saturated carbocycles. The van der Waals surface area contributed by atoms with Crippen LogP contribution in [0, 0.1) is 0 Å². The van der Waals surface area contributed by atoms with Gasteiger partial charge in [-0.15, -0.1) is 5.10 Å². The van der Waals surface area contributed by atoms with E-state index in [0.717, 1.165) is 21.8 Å². The van der Waals surface area contributed by atoms with Gasteiger partial charge in [0.2, 0.25) is 0 Å².